The average Bonchev–Trinajstić information content (AvgIpc) is 3.20. The SMILES string of the molecule is CC[C@@H](/C=C/C(=O)Nc1nnc(-c2ccc(F)cc2)s1)NC(=O)C1CCCCN1. The fourth-order valence-electron chi connectivity index (χ4n) is 2.98. The third kappa shape index (κ3) is 6.16. The van der Waals surface area contributed by atoms with Crippen LogP contribution in [0.15, 0.2) is 36.4 Å². The minimum Gasteiger partial charge on any atom is -0.349 e. The molecular weight excluding hydrogens is 393 g/mol. The van der Waals surface area contributed by atoms with Crippen LogP contribution in [0.5, 0.6) is 0 Å². The minimum atomic E-state index is -0.352. The molecule has 2 heterocycles. The van der Waals surface area contributed by atoms with E-state index in [2.05, 4.69) is 26.1 Å². The summed E-state index contributed by atoms with van der Waals surface area (Å²) in [5.74, 6) is -0.710. The van der Waals surface area contributed by atoms with Crippen LogP contribution < -0.4 is 16.0 Å². The number of anilines is 1. The molecule has 1 fully saturated rings. The van der Waals surface area contributed by atoms with Gasteiger partial charge in [0.05, 0.1) is 6.04 Å². The zero-order chi connectivity index (χ0) is 20.6. The minimum absolute atomic E-state index is 0.0327. The first-order valence-electron chi connectivity index (χ1n) is 9.67. The Bertz CT molecular complexity index is 862. The number of amides is 2. The van der Waals surface area contributed by atoms with Crippen LogP contribution in [-0.2, 0) is 9.59 Å². The van der Waals surface area contributed by atoms with Gasteiger partial charge in [0.1, 0.15) is 10.8 Å². The molecule has 2 amide bonds. The van der Waals surface area contributed by atoms with E-state index in [4.69, 9.17) is 0 Å². The lowest BCUT2D eigenvalue weighted by Gasteiger charge is -2.24. The lowest BCUT2D eigenvalue weighted by molar-refractivity contribution is -0.124. The van der Waals surface area contributed by atoms with Gasteiger partial charge in [-0.25, -0.2) is 4.39 Å². The molecule has 0 radical (unpaired) electrons. The number of carbonyl (C=O) groups is 2. The molecule has 3 N–H and O–H groups in total. The highest BCUT2D eigenvalue weighted by Crippen LogP contribution is 2.26. The fraction of sp³-hybridized carbons (Fsp3) is 0.400. The summed E-state index contributed by atoms with van der Waals surface area (Å²) >= 11 is 1.20. The molecule has 0 bridgehead atoms. The van der Waals surface area contributed by atoms with Crippen molar-refractivity contribution in [3.05, 3.63) is 42.2 Å². The molecule has 9 heteroatoms. The van der Waals surface area contributed by atoms with Crippen molar-refractivity contribution in [3.8, 4) is 10.6 Å². The van der Waals surface area contributed by atoms with E-state index in [0.717, 1.165) is 31.4 Å². The molecule has 0 spiro atoms. The van der Waals surface area contributed by atoms with Gasteiger partial charge in [-0.3, -0.25) is 14.9 Å². The summed E-state index contributed by atoms with van der Waals surface area (Å²) in [6.07, 6.45) is 6.72. The second kappa shape index (κ2) is 10.2. The molecule has 2 aromatic rings. The van der Waals surface area contributed by atoms with Crippen LogP contribution in [-0.4, -0.2) is 40.6 Å². The van der Waals surface area contributed by atoms with Crippen molar-refractivity contribution in [2.75, 3.05) is 11.9 Å². The van der Waals surface area contributed by atoms with Crippen LogP contribution in [0.1, 0.15) is 32.6 Å². The van der Waals surface area contributed by atoms with Gasteiger partial charge in [-0.05, 0) is 50.1 Å². The molecule has 154 valence electrons. The predicted octanol–water partition coefficient (Wildman–Crippen LogP) is 2.88. The maximum absolute atomic E-state index is 13.0. The third-order valence-corrected chi connectivity index (χ3v) is 5.51. The number of piperidine rings is 1. The Labute approximate surface area is 172 Å². The van der Waals surface area contributed by atoms with Crippen molar-refractivity contribution in [1.82, 2.24) is 20.8 Å². The molecule has 0 saturated carbocycles. The van der Waals surface area contributed by atoms with E-state index < -0.39 is 0 Å². The van der Waals surface area contributed by atoms with Gasteiger partial charge in [0.2, 0.25) is 16.9 Å². The monoisotopic (exact) mass is 417 g/mol. The van der Waals surface area contributed by atoms with Gasteiger partial charge in [-0.2, -0.15) is 0 Å². The molecule has 1 aliphatic rings. The smallest absolute Gasteiger partial charge is 0.249 e. The second-order valence-electron chi connectivity index (χ2n) is 6.79. The highest BCUT2D eigenvalue weighted by atomic mass is 32.1. The summed E-state index contributed by atoms with van der Waals surface area (Å²) in [5, 5.41) is 17.7. The molecule has 2 atom stereocenters. The Balaban J connectivity index is 1.52. The van der Waals surface area contributed by atoms with Crippen molar-refractivity contribution in [2.24, 2.45) is 0 Å². The number of nitrogens with zero attached hydrogens (tertiary/aromatic N) is 2. The average molecular weight is 418 g/mol. The maximum Gasteiger partial charge on any atom is 0.249 e. The summed E-state index contributed by atoms with van der Waals surface area (Å²) in [4.78, 5) is 24.5. The van der Waals surface area contributed by atoms with Crippen LogP contribution in [0.3, 0.4) is 0 Å². The number of hydrogen-bond acceptors (Lipinski definition) is 6. The number of hydrogen-bond donors (Lipinski definition) is 3. The Morgan fingerprint density at radius 1 is 1.31 bits per heavy atom. The standard InChI is InChI=1S/C20H24FN5O2S/c1-2-15(23-18(28)16-5-3-4-12-22-16)10-11-17(27)24-20-26-25-19(29-20)13-6-8-14(21)9-7-13/h6-11,15-16,22H,2-5,12H2,1H3,(H,23,28)(H,24,26,27)/b11-10+/t15-,16?/m0/s1. The molecule has 1 saturated heterocycles. The van der Waals surface area contributed by atoms with E-state index in [1.807, 2.05) is 6.92 Å². The van der Waals surface area contributed by atoms with E-state index in [9.17, 15) is 14.0 Å². The van der Waals surface area contributed by atoms with Gasteiger partial charge in [-0.1, -0.05) is 30.8 Å². The second-order valence-corrected chi connectivity index (χ2v) is 7.77. The van der Waals surface area contributed by atoms with Crippen molar-refractivity contribution in [1.29, 1.82) is 0 Å². The van der Waals surface area contributed by atoms with E-state index in [1.165, 1.54) is 29.5 Å². The third-order valence-electron chi connectivity index (χ3n) is 4.62. The van der Waals surface area contributed by atoms with Crippen LogP contribution >= 0.6 is 11.3 Å². The van der Waals surface area contributed by atoms with Gasteiger partial charge in [0.15, 0.2) is 0 Å². The number of rotatable bonds is 7. The van der Waals surface area contributed by atoms with Gasteiger partial charge in [0.25, 0.3) is 0 Å². The summed E-state index contributed by atoms with van der Waals surface area (Å²) in [7, 11) is 0. The largest absolute Gasteiger partial charge is 0.349 e. The molecule has 1 aliphatic heterocycles. The maximum atomic E-state index is 13.0. The van der Waals surface area contributed by atoms with Crippen molar-refractivity contribution >= 4 is 28.3 Å². The topological polar surface area (TPSA) is 96.0 Å². The predicted molar refractivity (Wildman–Crippen MR) is 111 cm³/mol. The fourth-order valence-corrected chi connectivity index (χ4v) is 3.73. The van der Waals surface area contributed by atoms with Crippen LogP contribution in [0.4, 0.5) is 9.52 Å². The van der Waals surface area contributed by atoms with Crippen molar-refractivity contribution in [3.63, 3.8) is 0 Å². The molecule has 0 aliphatic carbocycles. The normalized spacial score (nSPS) is 17.8. The number of halogens is 1. The first kappa shape index (κ1) is 21.1. The van der Waals surface area contributed by atoms with E-state index in [1.54, 1.807) is 18.2 Å². The highest BCUT2D eigenvalue weighted by Gasteiger charge is 2.21. The molecule has 7 nitrogen and oxygen atoms in total. The Kier molecular flexibility index (Phi) is 7.42. The van der Waals surface area contributed by atoms with Crippen molar-refractivity contribution < 1.29 is 14.0 Å². The van der Waals surface area contributed by atoms with Crippen LogP contribution in [0.25, 0.3) is 10.6 Å². The summed E-state index contributed by atoms with van der Waals surface area (Å²) in [6, 6.07) is 5.53. The Hall–Kier alpha value is -2.65. The van der Waals surface area contributed by atoms with Gasteiger partial charge in [-0.15, -0.1) is 10.2 Å². The first-order chi connectivity index (χ1) is 14.0. The molecule has 1 aromatic carbocycles. The van der Waals surface area contributed by atoms with Gasteiger partial charge >= 0.3 is 0 Å². The lowest BCUT2D eigenvalue weighted by atomic mass is 10.0. The van der Waals surface area contributed by atoms with Gasteiger partial charge in [0, 0.05) is 17.7 Å². The molecule has 1 unspecified atom stereocenters. The number of aromatic nitrogens is 2. The number of nitrogens with one attached hydrogen (secondary N) is 3. The zero-order valence-corrected chi connectivity index (χ0v) is 17.0. The Morgan fingerprint density at radius 2 is 2.10 bits per heavy atom. The first-order valence-corrected chi connectivity index (χ1v) is 10.5. The van der Waals surface area contributed by atoms with E-state index in [-0.39, 0.29) is 29.7 Å². The number of carbonyl (C=O) groups excluding carboxylic acids is 2. The van der Waals surface area contributed by atoms with E-state index in [0.29, 0.717) is 16.6 Å². The highest BCUT2D eigenvalue weighted by molar-refractivity contribution is 7.18. The van der Waals surface area contributed by atoms with Crippen LogP contribution in [0, 0.1) is 5.82 Å². The lowest BCUT2D eigenvalue weighted by Crippen LogP contribution is -2.49. The summed E-state index contributed by atoms with van der Waals surface area (Å²) in [6.45, 7) is 2.80. The quantitative estimate of drug-likeness (QED) is 0.602. The number of benzene rings is 1. The van der Waals surface area contributed by atoms with Crippen LogP contribution in [0.2, 0.25) is 0 Å². The molecule has 29 heavy (non-hydrogen) atoms. The summed E-state index contributed by atoms with van der Waals surface area (Å²) in [5.41, 5.74) is 0.727. The summed E-state index contributed by atoms with van der Waals surface area (Å²) < 4.78 is 13.0. The molecule has 1 aromatic heterocycles. The van der Waals surface area contributed by atoms with E-state index >= 15 is 0 Å². The van der Waals surface area contributed by atoms with Crippen molar-refractivity contribution in [2.45, 2.75) is 44.7 Å². The molecule has 3 rings (SSSR count). The Morgan fingerprint density at radius 3 is 2.79 bits per heavy atom. The zero-order valence-electron chi connectivity index (χ0n) is 16.2. The molecular formula is C20H24FN5O2S. The van der Waals surface area contributed by atoms with Gasteiger partial charge < -0.3 is 10.6 Å².